The Hall–Kier alpha value is -2.57. The molecule has 0 saturated carbocycles. The molecule has 5 N–H and O–H groups in total. The number of nitrogens with two attached hydrogens (primary N) is 1. The molecule has 0 unspecified atom stereocenters. The van der Waals surface area contributed by atoms with Crippen molar-refractivity contribution in [1.29, 1.82) is 5.41 Å². The zero-order chi connectivity index (χ0) is 17.5. The van der Waals surface area contributed by atoms with E-state index in [-0.39, 0.29) is 30.6 Å². The van der Waals surface area contributed by atoms with Gasteiger partial charge in [0.25, 0.3) is 0 Å². The van der Waals surface area contributed by atoms with Crippen molar-refractivity contribution in [1.82, 2.24) is 5.32 Å². The monoisotopic (exact) mass is 332 g/mol. The molecule has 130 valence electrons. The van der Waals surface area contributed by atoms with Gasteiger partial charge in [0, 0.05) is 43.2 Å². The molecule has 0 spiro atoms. The number of amidine groups is 1. The van der Waals surface area contributed by atoms with Crippen LogP contribution in [-0.4, -0.2) is 41.9 Å². The highest BCUT2D eigenvalue weighted by atomic mass is 16.4. The average molecular weight is 332 g/mol. The van der Waals surface area contributed by atoms with Crippen LogP contribution in [0.25, 0.3) is 0 Å². The second-order valence-corrected chi connectivity index (χ2v) is 6.04. The zero-order valence-corrected chi connectivity index (χ0v) is 13.6. The number of piperidine rings is 1. The highest BCUT2D eigenvalue weighted by Gasteiger charge is 2.20. The van der Waals surface area contributed by atoms with Gasteiger partial charge in [-0.2, -0.15) is 0 Å². The number of hydrogen-bond donors (Lipinski definition) is 4. The van der Waals surface area contributed by atoms with Crippen molar-refractivity contribution in [2.75, 3.05) is 18.0 Å². The van der Waals surface area contributed by atoms with Gasteiger partial charge in [0.1, 0.15) is 5.84 Å². The van der Waals surface area contributed by atoms with E-state index in [2.05, 4.69) is 10.2 Å². The number of nitrogens with one attached hydrogen (secondary N) is 2. The summed E-state index contributed by atoms with van der Waals surface area (Å²) in [7, 11) is 0. The lowest BCUT2D eigenvalue weighted by Gasteiger charge is -2.34. The van der Waals surface area contributed by atoms with Gasteiger partial charge in [-0.05, 0) is 43.5 Å². The van der Waals surface area contributed by atoms with Gasteiger partial charge < -0.3 is 21.1 Å². The highest BCUT2D eigenvalue weighted by Crippen LogP contribution is 2.20. The molecule has 1 heterocycles. The molecule has 7 heteroatoms. The van der Waals surface area contributed by atoms with Gasteiger partial charge in [-0.25, -0.2) is 0 Å². The van der Waals surface area contributed by atoms with E-state index >= 15 is 0 Å². The van der Waals surface area contributed by atoms with E-state index in [4.69, 9.17) is 16.2 Å². The molecule has 1 aromatic rings. The van der Waals surface area contributed by atoms with Gasteiger partial charge in [0.2, 0.25) is 5.91 Å². The summed E-state index contributed by atoms with van der Waals surface area (Å²) < 4.78 is 0. The fourth-order valence-corrected chi connectivity index (χ4v) is 2.83. The second-order valence-electron chi connectivity index (χ2n) is 6.04. The third-order valence-electron chi connectivity index (χ3n) is 4.20. The summed E-state index contributed by atoms with van der Waals surface area (Å²) >= 11 is 0. The highest BCUT2D eigenvalue weighted by molar-refractivity contribution is 5.95. The van der Waals surface area contributed by atoms with Crippen molar-refractivity contribution in [2.45, 2.75) is 38.1 Å². The number of anilines is 1. The van der Waals surface area contributed by atoms with Crippen LogP contribution in [0.5, 0.6) is 0 Å². The normalized spacial score (nSPS) is 15.1. The first-order chi connectivity index (χ1) is 11.5. The van der Waals surface area contributed by atoms with E-state index in [0.29, 0.717) is 12.0 Å². The first-order valence-corrected chi connectivity index (χ1v) is 8.16. The lowest BCUT2D eigenvalue weighted by Crippen LogP contribution is -2.44. The molecule has 0 aromatic heterocycles. The first kappa shape index (κ1) is 17.8. The lowest BCUT2D eigenvalue weighted by molar-refractivity contribution is -0.137. The molecule has 24 heavy (non-hydrogen) atoms. The molecule has 2 rings (SSSR count). The molecular formula is C17H24N4O3. The molecule has 1 fully saturated rings. The fraction of sp³-hybridized carbons (Fsp3) is 0.471. The number of carbonyl (C=O) groups is 2. The van der Waals surface area contributed by atoms with Gasteiger partial charge in [-0.3, -0.25) is 15.0 Å². The Morgan fingerprint density at radius 2 is 1.83 bits per heavy atom. The minimum absolute atomic E-state index is 0.0299. The minimum atomic E-state index is -0.869. The number of carboxylic acid groups (broad SMARTS) is 1. The standard InChI is InChI=1S/C17H24N4O3/c18-17(19)12-4-6-14(7-5-12)21-10-8-13(9-11-21)20-15(22)2-1-3-16(23)24/h4-7,13H,1-3,8-11H2,(H3,18,19)(H,20,22)(H,23,24). The summed E-state index contributed by atoms with van der Waals surface area (Å²) in [5, 5.41) is 19.0. The predicted octanol–water partition coefficient (Wildman–Crippen LogP) is 1.31. The van der Waals surface area contributed by atoms with Crippen LogP contribution < -0.4 is 16.0 Å². The van der Waals surface area contributed by atoms with Crippen molar-refractivity contribution in [2.24, 2.45) is 5.73 Å². The number of hydrogen-bond acceptors (Lipinski definition) is 4. The molecule has 1 saturated heterocycles. The Balaban J connectivity index is 1.75. The third-order valence-corrected chi connectivity index (χ3v) is 4.20. The van der Waals surface area contributed by atoms with E-state index in [1.807, 2.05) is 24.3 Å². The SMILES string of the molecule is N=C(N)c1ccc(N2CCC(NC(=O)CCCC(=O)O)CC2)cc1. The van der Waals surface area contributed by atoms with Gasteiger partial charge >= 0.3 is 5.97 Å². The summed E-state index contributed by atoms with van der Waals surface area (Å²) in [5.74, 6) is -0.877. The Bertz CT molecular complexity index is 592. The molecule has 7 nitrogen and oxygen atoms in total. The summed E-state index contributed by atoms with van der Waals surface area (Å²) in [6, 6.07) is 7.75. The van der Waals surface area contributed by atoms with Crippen LogP contribution in [0.4, 0.5) is 5.69 Å². The maximum Gasteiger partial charge on any atom is 0.303 e. The van der Waals surface area contributed by atoms with Crippen LogP contribution in [0.15, 0.2) is 24.3 Å². The number of nitrogen functional groups attached to an aromatic ring is 1. The van der Waals surface area contributed by atoms with E-state index in [1.165, 1.54) is 0 Å². The quantitative estimate of drug-likeness (QED) is 0.443. The van der Waals surface area contributed by atoms with Crippen molar-refractivity contribution >= 4 is 23.4 Å². The zero-order valence-electron chi connectivity index (χ0n) is 13.6. The molecule has 1 aliphatic rings. The largest absolute Gasteiger partial charge is 0.481 e. The topological polar surface area (TPSA) is 120 Å². The van der Waals surface area contributed by atoms with E-state index < -0.39 is 5.97 Å². The van der Waals surface area contributed by atoms with Crippen LogP contribution >= 0.6 is 0 Å². The number of carbonyl (C=O) groups excluding carboxylic acids is 1. The van der Waals surface area contributed by atoms with Crippen LogP contribution in [-0.2, 0) is 9.59 Å². The molecular weight excluding hydrogens is 308 g/mol. The van der Waals surface area contributed by atoms with Crippen LogP contribution in [0.2, 0.25) is 0 Å². The van der Waals surface area contributed by atoms with Gasteiger partial charge in [0.05, 0.1) is 0 Å². The van der Waals surface area contributed by atoms with Crippen LogP contribution in [0.1, 0.15) is 37.7 Å². The van der Waals surface area contributed by atoms with Crippen molar-refractivity contribution in [3.63, 3.8) is 0 Å². The molecule has 1 aliphatic heterocycles. The molecule has 1 amide bonds. The number of amides is 1. The summed E-state index contributed by atoms with van der Waals surface area (Å²) in [6.07, 6.45) is 2.39. The maximum absolute atomic E-state index is 11.8. The molecule has 0 atom stereocenters. The van der Waals surface area contributed by atoms with Crippen LogP contribution in [0, 0.1) is 5.41 Å². The summed E-state index contributed by atoms with van der Waals surface area (Å²) in [5.41, 5.74) is 7.25. The van der Waals surface area contributed by atoms with E-state index in [1.54, 1.807) is 0 Å². The molecule has 1 aromatic carbocycles. The maximum atomic E-state index is 11.8. The van der Waals surface area contributed by atoms with Gasteiger partial charge in [-0.1, -0.05) is 0 Å². The molecule has 0 radical (unpaired) electrons. The van der Waals surface area contributed by atoms with Crippen molar-refractivity contribution in [3.05, 3.63) is 29.8 Å². The predicted molar refractivity (Wildman–Crippen MR) is 92.3 cm³/mol. The number of nitrogens with zero attached hydrogens (tertiary/aromatic N) is 1. The fourth-order valence-electron chi connectivity index (χ4n) is 2.83. The van der Waals surface area contributed by atoms with Crippen molar-refractivity contribution in [3.8, 4) is 0 Å². The summed E-state index contributed by atoms with van der Waals surface area (Å²) in [6.45, 7) is 1.69. The molecule has 0 bridgehead atoms. The Morgan fingerprint density at radius 3 is 2.38 bits per heavy atom. The Labute approximate surface area is 141 Å². The lowest BCUT2D eigenvalue weighted by atomic mass is 10.0. The first-order valence-electron chi connectivity index (χ1n) is 8.16. The molecule has 0 aliphatic carbocycles. The number of rotatable bonds is 7. The summed E-state index contributed by atoms with van der Waals surface area (Å²) in [4.78, 5) is 24.5. The second kappa shape index (κ2) is 8.33. The van der Waals surface area contributed by atoms with Gasteiger partial charge in [-0.15, -0.1) is 0 Å². The number of carboxylic acids is 1. The Kier molecular flexibility index (Phi) is 6.17. The van der Waals surface area contributed by atoms with Gasteiger partial charge in [0.15, 0.2) is 0 Å². The van der Waals surface area contributed by atoms with E-state index in [9.17, 15) is 9.59 Å². The van der Waals surface area contributed by atoms with E-state index in [0.717, 1.165) is 31.6 Å². The Morgan fingerprint density at radius 1 is 1.21 bits per heavy atom. The number of aliphatic carboxylic acids is 1. The third kappa shape index (κ3) is 5.26. The average Bonchev–Trinajstić information content (AvgIpc) is 2.55. The smallest absolute Gasteiger partial charge is 0.303 e. The van der Waals surface area contributed by atoms with Crippen LogP contribution in [0.3, 0.4) is 0 Å². The minimum Gasteiger partial charge on any atom is -0.481 e. The van der Waals surface area contributed by atoms with Crippen molar-refractivity contribution < 1.29 is 14.7 Å². The number of benzene rings is 1.